The first-order chi connectivity index (χ1) is 16.2. The SMILES string of the molecule is CCCCc1nn(C(F)(F)F)c(C(=O)OCC)c1Cc1ccc(C2(C(=O)OCC)CC=CC2)s1. The monoisotopic (exact) mass is 498 g/mol. The zero-order valence-electron chi connectivity index (χ0n) is 19.5. The highest BCUT2D eigenvalue weighted by Crippen LogP contribution is 2.42. The van der Waals surface area contributed by atoms with Crippen LogP contribution in [0, 0.1) is 0 Å². The van der Waals surface area contributed by atoms with Crippen LogP contribution in [0.4, 0.5) is 13.2 Å². The molecule has 6 nitrogen and oxygen atoms in total. The molecule has 0 aliphatic heterocycles. The second-order valence-electron chi connectivity index (χ2n) is 8.10. The van der Waals surface area contributed by atoms with Gasteiger partial charge in [-0.2, -0.15) is 9.78 Å². The van der Waals surface area contributed by atoms with E-state index in [0.29, 0.717) is 25.7 Å². The number of aryl methyl sites for hydroxylation is 1. The van der Waals surface area contributed by atoms with Crippen LogP contribution < -0.4 is 0 Å². The summed E-state index contributed by atoms with van der Waals surface area (Å²) in [6.45, 7) is 5.44. The predicted molar refractivity (Wildman–Crippen MR) is 122 cm³/mol. The van der Waals surface area contributed by atoms with Crippen LogP contribution in [0.15, 0.2) is 24.3 Å². The van der Waals surface area contributed by atoms with Gasteiger partial charge < -0.3 is 9.47 Å². The van der Waals surface area contributed by atoms with Crippen LogP contribution in [0.2, 0.25) is 0 Å². The molecule has 10 heteroatoms. The lowest BCUT2D eigenvalue weighted by molar-refractivity contribution is -0.213. The van der Waals surface area contributed by atoms with E-state index in [1.54, 1.807) is 19.9 Å². The molecule has 0 bridgehead atoms. The van der Waals surface area contributed by atoms with Crippen molar-refractivity contribution >= 4 is 23.3 Å². The van der Waals surface area contributed by atoms with Crippen molar-refractivity contribution in [3.8, 4) is 0 Å². The minimum Gasteiger partial charge on any atom is -0.465 e. The van der Waals surface area contributed by atoms with E-state index in [1.165, 1.54) is 11.3 Å². The quantitative estimate of drug-likeness (QED) is 0.311. The fourth-order valence-corrected chi connectivity index (χ4v) is 5.33. The molecule has 0 spiro atoms. The highest BCUT2D eigenvalue weighted by molar-refractivity contribution is 7.12. The third-order valence-corrected chi connectivity index (χ3v) is 7.08. The summed E-state index contributed by atoms with van der Waals surface area (Å²) in [5.41, 5.74) is -0.949. The van der Waals surface area contributed by atoms with Gasteiger partial charge in [0.1, 0.15) is 5.41 Å². The summed E-state index contributed by atoms with van der Waals surface area (Å²) >= 11 is 1.35. The smallest absolute Gasteiger partial charge is 0.465 e. The lowest BCUT2D eigenvalue weighted by atomic mass is 9.84. The first kappa shape index (κ1) is 26.0. The summed E-state index contributed by atoms with van der Waals surface area (Å²) in [7, 11) is 0. The van der Waals surface area contributed by atoms with E-state index >= 15 is 0 Å². The second-order valence-corrected chi connectivity index (χ2v) is 9.27. The zero-order chi connectivity index (χ0) is 24.9. The molecule has 2 aromatic heterocycles. The van der Waals surface area contributed by atoms with Crippen molar-refractivity contribution in [1.82, 2.24) is 9.78 Å². The Hall–Kier alpha value is -2.62. The number of allylic oxidation sites excluding steroid dienone is 2. The molecule has 0 atom stereocenters. The van der Waals surface area contributed by atoms with Crippen LogP contribution in [0.25, 0.3) is 0 Å². The normalized spacial score (nSPS) is 15.0. The van der Waals surface area contributed by atoms with Gasteiger partial charge in [-0.3, -0.25) is 4.79 Å². The molecular formula is C24H29F3N2O4S. The summed E-state index contributed by atoms with van der Waals surface area (Å²) in [5.74, 6) is -1.36. The van der Waals surface area contributed by atoms with E-state index in [-0.39, 0.29) is 41.5 Å². The first-order valence-corrected chi connectivity index (χ1v) is 12.3. The average molecular weight is 499 g/mol. The van der Waals surface area contributed by atoms with Crippen molar-refractivity contribution in [2.24, 2.45) is 0 Å². The fraction of sp³-hybridized carbons (Fsp3) is 0.542. The van der Waals surface area contributed by atoms with E-state index in [2.05, 4.69) is 5.10 Å². The molecule has 1 aliphatic rings. The summed E-state index contributed by atoms with van der Waals surface area (Å²) in [6, 6.07) is 3.62. The molecular weight excluding hydrogens is 469 g/mol. The molecule has 34 heavy (non-hydrogen) atoms. The number of alkyl halides is 3. The van der Waals surface area contributed by atoms with Crippen molar-refractivity contribution in [2.75, 3.05) is 13.2 Å². The van der Waals surface area contributed by atoms with Crippen LogP contribution in [-0.2, 0) is 38.8 Å². The van der Waals surface area contributed by atoms with Gasteiger partial charge >= 0.3 is 18.2 Å². The maximum Gasteiger partial charge on any atom is 0.505 e. The Labute approximate surface area is 200 Å². The molecule has 0 N–H and O–H groups in total. The highest BCUT2D eigenvalue weighted by Gasteiger charge is 2.44. The van der Waals surface area contributed by atoms with Crippen LogP contribution in [0.1, 0.15) is 78.0 Å². The summed E-state index contributed by atoms with van der Waals surface area (Å²) in [4.78, 5) is 26.9. The Bertz CT molecular complexity index is 1050. The van der Waals surface area contributed by atoms with Crippen LogP contribution >= 0.6 is 11.3 Å². The van der Waals surface area contributed by atoms with Crippen LogP contribution in [-0.4, -0.2) is 34.9 Å². The van der Waals surface area contributed by atoms with Gasteiger partial charge in [0.25, 0.3) is 0 Å². The summed E-state index contributed by atoms with van der Waals surface area (Å²) in [5, 5.41) is 3.78. The molecule has 0 radical (unpaired) electrons. The van der Waals surface area contributed by atoms with Crippen molar-refractivity contribution < 1.29 is 32.2 Å². The summed E-state index contributed by atoms with van der Waals surface area (Å²) in [6.07, 6.45) is 1.84. The maximum atomic E-state index is 13.8. The van der Waals surface area contributed by atoms with E-state index in [1.807, 2.05) is 25.1 Å². The van der Waals surface area contributed by atoms with E-state index < -0.39 is 23.4 Å². The van der Waals surface area contributed by atoms with E-state index in [4.69, 9.17) is 9.47 Å². The minimum absolute atomic E-state index is 0.0518. The highest BCUT2D eigenvalue weighted by atomic mass is 32.1. The molecule has 0 amide bonds. The largest absolute Gasteiger partial charge is 0.505 e. The van der Waals surface area contributed by atoms with Crippen molar-refractivity contribution in [3.63, 3.8) is 0 Å². The first-order valence-electron chi connectivity index (χ1n) is 11.4. The zero-order valence-corrected chi connectivity index (χ0v) is 20.4. The number of thiophene rings is 1. The number of rotatable bonds is 10. The third kappa shape index (κ3) is 5.21. The number of carbonyl (C=O) groups is 2. The number of unbranched alkanes of at least 4 members (excludes halogenated alkanes) is 1. The number of halogens is 3. The molecule has 0 saturated carbocycles. The number of ether oxygens (including phenoxy) is 2. The molecule has 0 aromatic carbocycles. The third-order valence-electron chi connectivity index (χ3n) is 5.79. The lowest BCUT2D eigenvalue weighted by Crippen LogP contribution is -2.34. The maximum absolute atomic E-state index is 13.8. The van der Waals surface area contributed by atoms with E-state index in [9.17, 15) is 22.8 Å². The van der Waals surface area contributed by atoms with Gasteiger partial charge in [0.05, 0.1) is 18.9 Å². The van der Waals surface area contributed by atoms with Gasteiger partial charge in [-0.05, 0) is 51.7 Å². The number of carbonyl (C=O) groups excluding carboxylic acids is 2. The minimum atomic E-state index is -4.86. The van der Waals surface area contributed by atoms with Gasteiger partial charge in [0, 0.05) is 21.7 Å². The van der Waals surface area contributed by atoms with E-state index in [0.717, 1.165) is 16.2 Å². The van der Waals surface area contributed by atoms with Crippen LogP contribution in [0.5, 0.6) is 0 Å². The Morgan fingerprint density at radius 3 is 2.38 bits per heavy atom. The number of hydrogen-bond donors (Lipinski definition) is 0. The second kappa shape index (κ2) is 10.8. The molecule has 2 aromatic rings. The van der Waals surface area contributed by atoms with Gasteiger partial charge in [-0.15, -0.1) is 24.5 Å². The molecule has 3 rings (SSSR count). The molecule has 0 fully saturated rings. The fourth-order valence-electron chi connectivity index (χ4n) is 4.11. The molecule has 0 saturated heterocycles. The number of nitrogens with zero attached hydrogens (tertiary/aromatic N) is 2. The topological polar surface area (TPSA) is 70.4 Å². The Balaban J connectivity index is 2.03. The van der Waals surface area contributed by atoms with Crippen molar-refractivity contribution in [2.45, 2.75) is 71.0 Å². The summed E-state index contributed by atoms with van der Waals surface area (Å²) < 4.78 is 51.4. The number of esters is 2. The van der Waals surface area contributed by atoms with Gasteiger partial charge in [0.15, 0.2) is 5.69 Å². The standard InChI is InChI=1S/C24H29F3N2O4S/c1-4-7-10-18-17(20(21(30)32-5-2)29(28-18)24(25,26)27)15-16-11-12-19(34-16)23(13-8-9-14-23)22(31)33-6-3/h8-9,11-12H,4-7,10,13-15H2,1-3H3. The number of hydrogen-bond acceptors (Lipinski definition) is 6. The van der Waals surface area contributed by atoms with Crippen LogP contribution in [0.3, 0.4) is 0 Å². The molecule has 2 heterocycles. The lowest BCUT2D eigenvalue weighted by Gasteiger charge is -2.25. The predicted octanol–water partition coefficient (Wildman–Crippen LogP) is 5.68. The average Bonchev–Trinajstić information content (AvgIpc) is 3.51. The van der Waals surface area contributed by atoms with Gasteiger partial charge in [-0.1, -0.05) is 25.5 Å². The molecule has 1 aliphatic carbocycles. The molecule has 186 valence electrons. The van der Waals surface area contributed by atoms with Gasteiger partial charge in [-0.25, -0.2) is 4.79 Å². The Morgan fingerprint density at radius 2 is 1.79 bits per heavy atom. The van der Waals surface area contributed by atoms with Crippen molar-refractivity contribution in [3.05, 3.63) is 51.0 Å². The molecule has 0 unspecified atom stereocenters. The Kier molecular flexibility index (Phi) is 8.22. The number of aromatic nitrogens is 2. The van der Waals surface area contributed by atoms with Crippen molar-refractivity contribution in [1.29, 1.82) is 0 Å². The Morgan fingerprint density at radius 1 is 1.12 bits per heavy atom. The van der Waals surface area contributed by atoms with Gasteiger partial charge in [0.2, 0.25) is 0 Å².